The average molecular weight is 487 g/mol. The van der Waals surface area contributed by atoms with Crippen molar-refractivity contribution in [1.82, 2.24) is 0 Å². The summed E-state index contributed by atoms with van der Waals surface area (Å²) in [7, 11) is 0. The topological polar surface area (TPSA) is 112 Å². The molecule has 8 heteroatoms. The van der Waals surface area contributed by atoms with Gasteiger partial charge in [0, 0.05) is 18.8 Å². The molecule has 0 bridgehead atoms. The van der Waals surface area contributed by atoms with Crippen molar-refractivity contribution in [2.45, 2.75) is 96.9 Å². The minimum absolute atomic E-state index is 0.0513. The summed E-state index contributed by atoms with van der Waals surface area (Å²) >= 11 is 0. The van der Waals surface area contributed by atoms with Crippen LogP contribution >= 0.6 is 0 Å². The van der Waals surface area contributed by atoms with Crippen LogP contribution in [0.2, 0.25) is 0 Å². The van der Waals surface area contributed by atoms with Crippen LogP contribution in [-0.4, -0.2) is 73.5 Å². The van der Waals surface area contributed by atoms with Gasteiger partial charge in [0.15, 0.2) is 0 Å². The van der Waals surface area contributed by atoms with Crippen molar-refractivity contribution in [3.8, 4) is 0 Å². The molecule has 34 heavy (non-hydrogen) atoms. The Kier molecular flexibility index (Phi) is 21.8. The molecule has 0 aliphatic rings. The van der Waals surface area contributed by atoms with Crippen LogP contribution in [0.15, 0.2) is 24.3 Å². The second kappa shape index (κ2) is 23.0. The van der Waals surface area contributed by atoms with E-state index < -0.39 is 24.1 Å². The standard InChI is InChI=1S/C26H46O8/c1-4-14-25(29)33-20-23(27)18-31-17-13-11-9-7-6-8-10-12-16-22(3)32-19-24(28)21-34-26(30)15-5-2/h4-5,14-15,22-24,27-28H,6-13,16-21H2,1-3H3. The zero-order valence-electron chi connectivity index (χ0n) is 21.3. The second-order valence-corrected chi connectivity index (χ2v) is 8.40. The van der Waals surface area contributed by atoms with Gasteiger partial charge in [-0.1, -0.05) is 57.1 Å². The van der Waals surface area contributed by atoms with Gasteiger partial charge >= 0.3 is 11.9 Å². The van der Waals surface area contributed by atoms with Gasteiger partial charge in [0.1, 0.15) is 25.4 Å². The fourth-order valence-electron chi connectivity index (χ4n) is 3.10. The van der Waals surface area contributed by atoms with Gasteiger partial charge in [-0.05, 0) is 33.6 Å². The lowest BCUT2D eigenvalue weighted by atomic mass is 10.1. The molecule has 198 valence electrons. The number of aliphatic hydroxyl groups excluding tert-OH is 2. The molecule has 0 aliphatic carbocycles. The summed E-state index contributed by atoms with van der Waals surface area (Å²) in [6, 6.07) is 0. The molecule has 0 rings (SSSR count). The SMILES string of the molecule is CC=CC(=O)OCC(O)COCCCCCCCCCCC(C)OCC(O)COC(=O)C=CC. The Hall–Kier alpha value is -1.74. The van der Waals surface area contributed by atoms with Gasteiger partial charge in [0.05, 0.1) is 19.3 Å². The molecule has 0 aromatic rings. The third kappa shape index (κ3) is 22.1. The first-order chi connectivity index (χ1) is 16.4. The predicted octanol–water partition coefficient (Wildman–Crippen LogP) is 3.88. The Morgan fingerprint density at radius 1 is 0.706 bits per heavy atom. The van der Waals surface area contributed by atoms with E-state index >= 15 is 0 Å². The maximum absolute atomic E-state index is 11.2. The molecule has 8 nitrogen and oxygen atoms in total. The molecule has 0 heterocycles. The molecule has 0 saturated carbocycles. The summed E-state index contributed by atoms with van der Waals surface area (Å²) in [5.41, 5.74) is 0. The summed E-state index contributed by atoms with van der Waals surface area (Å²) in [5, 5.41) is 19.5. The van der Waals surface area contributed by atoms with Gasteiger partial charge in [0.2, 0.25) is 0 Å². The van der Waals surface area contributed by atoms with E-state index in [9.17, 15) is 19.8 Å². The lowest BCUT2D eigenvalue weighted by Crippen LogP contribution is -2.25. The number of hydrogen-bond acceptors (Lipinski definition) is 8. The fourth-order valence-corrected chi connectivity index (χ4v) is 3.10. The van der Waals surface area contributed by atoms with Crippen LogP contribution in [0.3, 0.4) is 0 Å². The highest BCUT2D eigenvalue weighted by atomic mass is 16.6. The molecule has 0 fully saturated rings. The summed E-state index contributed by atoms with van der Waals surface area (Å²) in [5.74, 6) is -0.916. The molecular weight excluding hydrogens is 440 g/mol. The first-order valence-electron chi connectivity index (χ1n) is 12.5. The van der Waals surface area contributed by atoms with Crippen molar-refractivity contribution < 1.29 is 38.7 Å². The van der Waals surface area contributed by atoms with Gasteiger partial charge < -0.3 is 29.2 Å². The van der Waals surface area contributed by atoms with E-state index in [4.69, 9.17) is 18.9 Å². The Morgan fingerprint density at radius 2 is 1.18 bits per heavy atom. The lowest BCUT2D eigenvalue weighted by Gasteiger charge is -2.16. The summed E-state index contributed by atoms with van der Waals surface area (Å²) < 4.78 is 20.8. The van der Waals surface area contributed by atoms with Crippen LogP contribution in [-0.2, 0) is 28.5 Å². The number of carbonyl (C=O) groups excluding carboxylic acids is 2. The van der Waals surface area contributed by atoms with E-state index in [1.165, 1.54) is 37.8 Å². The molecule has 0 amide bonds. The zero-order chi connectivity index (χ0) is 25.4. The summed E-state index contributed by atoms with van der Waals surface area (Å²) in [4.78, 5) is 22.3. The van der Waals surface area contributed by atoms with Crippen LogP contribution in [0.5, 0.6) is 0 Å². The minimum Gasteiger partial charge on any atom is -0.460 e. The molecule has 3 unspecified atom stereocenters. The maximum Gasteiger partial charge on any atom is 0.330 e. The van der Waals surface area contributed by atoms with Crippen LogP contribution in [0, 0.1) is 0 Å². The third-order valence-corrected chi connectivity index (χ3v) is 4.97. The average Bonchev–Trinajstić information content (AvgIpc) is 2.81. The van der Waals surface area contributed by atoms with Crippen LogP contribution in [0.4, 0.5) is 0 Å². The van der Waals surface area contributed by atoms with Crippen molar-refractivity contribution in [3.05, 3.63) is 24.3 Å². The van der Waals surface area contributed by atoms with Crippen LogP contribution in [0.25, 0.3) is 0 Å². The smallest absolute Gasteiger partial charge is 0.330 e. The van der Waals surface area contributed by atoms with Crippen LogP contribution < -0.4 is 0 Å². The molecule has 0 aliphatic heterocycles. The van der Waals surface area contributed by atoms with Crippen molar-refractivity contribution in [2.75, 3.05) is 33.0 Å². The molecule has 0 radical (unpaired) electrons. The molecule has 2 N–H and O–H groups in total. The number of hydrogen-bond donors (Lipinski definition) is 2. The highest BCUT2D eigenvalue weighted by molar-refractivity contribution is 5.82. The Morgan fingerprint density at radius 3 is 1.71 bits per heavy atom. The fraction of sp³-hybridized carbons (Fsp3) is 0.769. The van der Waals surface area contributed by atoms with Crippen molar-refractivity contribution in [3.63, 3.8) is 0 Å². The Labute approximate surface area is 205 Å². The van der Waals surface area contributed by atoms with Gasteiger partial charge in [-0.15, -0.1) is 0 Å². The normalized spacial score (nSPS) is 14.4. The highest BCUT2D eigenvalue weighted by Crippen LogP contribution is 2.12. The molecule has 0 aromatic heterocycles. The molecule has 3 atom stereocenters. The number of rotatable bonds is 22. The second-order valence-electron chi connectivity index (χ2n) is 8.40. The predicted molar refractivity (Wildman–Crippen MR) is 131 cm³/mol. The molecule has 0 spiro atoms. The van der Waals surface area contributed by atoms with E-state index in [0.29, 0.717) is 6.61 Å². The van der Waals surface area contributed by atoms with Crippen LogP contribution in [0.1, 0.15) is 78.6 Å². The maximum atomic E-state index is 11.2. The lowest BCUT2D eigenvalue weighted by molar-refractivity contribution is -0.143. The number of esters is 2. The van der Waals surface area contributed by atoms with E-state index in [0.717, 1.165) is 32.1 Å². The quantitative estimate of drug-likeness (QED) is 0.135. The first kappa shape index (κ1) is 32.3. The number of aliphatic hydroxyl groups is 2. The summed E-state index contributed by atoms with van der Waals surface area (Å²) in [6.07, 6.45) is 14.3. The number of ether oxygens (including phenoxy) is 4. The largest absolute Gasteiger partial charge is 0.460 e. The first-order valence-corrected chi connectivity index (χ1v) is 12.5. The minimum atomic E-state index is -0.806. The van der Waals surface area contributed by atoms with Gasteiger partial charge in [0.25, 0.3) is 0 Å². The van der Waals surface area contributed by atoms with E-state index in [1.54, 1.807) is 26.0 Å². The molecule has 0 aromatic carbocycles. The van der Waals surface area contributed by atoms with Gasteiger partial charge in [-0.2, -0.15) is 0 Å². The number of unbranched alkanes of at least 4 members (excludes halogenated alkanes) is 7. The van der Waals surface area contributed by atoms with E-state index in [2.05, 4.69) is 0 Å². The number of carbonyl (C=O) groups is 2. The zero-order valence-corrected chi connectivity index (χ0v) is 21.3. The van der Waals surface area contributed by atoms with E-state index in [-0.39, 0.29) is 32.5 Å². The van der Waals surface area contributed by atoms with Crippen molar-refractivity contribution in [1.29, 1.82) is 0 Å². The van der Waals surface area contributed by atoms with Gasteiger partial charge in [-0.3, -0.25) is 0 Å². The van der Waals surface area contributed by atoms with Crippen molar-refractivity contribution in [2.24, 2.45) is 0 Å². The third-order valence-electron chi connectivity index (χ3n) is 4.97. The van der Waals surface area contributed by atoms with Gasteiger partial charge in [-0.25, -0.2) is 9.59 Å². The molecular formula is C26H46O8. The Balaban J connectivity index is 3.42. The van der Waals surface area contributed by atoms with Crippen molar-refractivity contribution >= 4 is 11.9 Å². The monoisotopic (exact) mass is 486 g/mol. The highest BCUT2D eigenvalue weighted by Gasteiger charge is 2.10. The number of allylic oxidation sites excluding steroid dienone is 2. The summed E-state index contributed by atoms with van der Waals surface area (Å²) in [6.45, 7) is 6.28. The van der Waals surface area contributed by atoms with E-state index in [1.807, 2.05) is 6.92 Å². The molecule has 0 saturated heterocycles. The Bertz CT molecular complexity index is 561.